The van der Waals surface area contributed by atoms with Gasteiger partial charge in [-0.1, -0.05) is 30.5 Å². The molecule has 2 aromatic heterocycles. The summed E-state index contributed by atoms with van der Waals surface area (Å²) in [7, 11) is 0. The summed E-state index contributed by atoms with van der Waals surface area (Å²) in [4.78, 5) is 37.4. The molecule has 3 atom stereocenters. The zero-order valence-corrected chi connectivity index (χ0v) is 21.8. The fraction of sp³-hybridized carbons (Fsp3) is 0.464. The Bertz CT molecular complexity index is 1300. The van der Waals surface area contributed by atoms with Gasteiger partial charge >= 0.3 is 0 Å². The van der Waals surface area contributed by atoms with Gasteiger partial charge in [0.2, 0.25) is 5.91 Å². The Morgan fingerprint density at radius 2 is 1.92 bits per heavy atom. The minimum absolute atomic E-state index is 0.107. The van der Waals surface area contributed by atoms with E-state index in [0.717, 1.165) is 31.1 Å². The van der Waals surface area contributed by atoms with E-state index in [9.17, 15) is 18.4 Å². The van der Waals surface area contributed by atoms with Crippen molar-refractivity contribution < 1.29 is 22.9 Å². The van der Waals surface area contributed by atoms with Gasteiger partial charge < -0.3 is 15.2 Å². The predicted octanol–water partition coefficient (Wildman–Crippen LogP) is 4.04. The fourth-order valence-corrected chi connectivity index (χ4v) is 5.54. The number of carbonyl (C=O) groups is 2. The normalized spacial score (nSPS) is 21.3. The number of hydrogen-bond acceptors (Lipinski definition) is 7. The second-order valence-electron chi connectivity index (χ2n) is 10.3. The molecule has 9 nitrogen and oxygen atoms in total. The van der Waals surface area contributed by atoms with Crippen LogP contribution in [0.4, 0.5) is 8.78 Å². The minimum Gasteiger partial charge on any atom is -0.348 e. The van der Waals surface area contributed by atoms with Gasteiger partial charge in [-0.15, -0.1) is 0 Å². The van der Waals surface area contributed by atoms with Gasteiger partial charge in [0.05, 0.1) is 23.2 Å². The Kier molecular flexibility index (Phi) is 8.25. The van der Waals surface area contributed by atoms with Crippen LogP contribution in [0.3, 0.4) is 0 Å². The van der Waals surface area contributed by atoms with Gasteiger partial charge in [-0.2, -0.15) is 4.98 Å². The molecule has 5 rings (SSSR count). The highest BCUT2D eigenvalue weighted by molar-refractivity contribution is 5.91. The summed E-state index contributed by atoms with van der Waals surface area (Å²) in [5.41, 5.74) is 0.642. The summed E-state index contributed by atoms with van der Waals surface area (Å²) in [6, 6.07) is 8.16. The zero-order chi connectivity index (χ0) is 27.4. The maximum Gasteiger partial charge on any atom is 0.292 e. The topological polar surface area (TPSA) is 113 Å². The molecule has 0 spiro atoms. The lowest BCUT2D eigenvalue weighted by Gasteiger charge is -2.43. The first-order chi connectivity index (χ1) is 18.9. The molecule has 2 amide bonds. The van der Waals surface area contributed by atoms with E-state index in [1.54, 1.807) is 6.20 Å². The summed E-state index contributed by atoms with van der Waals surface area (Å²) in [6.07, 6.45) is 8.10. The van der Waals surface area contributed by atoms with Crippen LogP contribution in [0, 0.1) is 17.6 Å². The van der Waals surface area contributed by atoms with Gasteiger partial charge in [0.1, 0.15) is 11.6 Å². The van der Waals surface area contributed by atoms with E-state index in [0.29, 0.717) is 25.1 Å². The third-order valence-corrected chi connectivity index (χ3v) is 7.67. The highest BCUT2D eigenvalue weighted by atomic mass is 19.1. The highest BCUT2D eigenvalue weighted by Gasteiger charge is 2.39. The van der Waals surface area contributed by atoms with Crippen molar-refractivity contribution >= 4 is 11.8 Å². The van der Waals surface area contributed by atoms with E-state index in [-0.39, 0.29) is 29.2 Å². The molecular weight excluding hydrogens is 506 g/mol. The van der Waals surface area contributed by atoms with Crippen LogP contribution in [-0.2, 0) is 4.79 Å². The number of hydrogen-bond donors (Lipinski definition) is 2. The fourth-order valence-electron chi connectivity index (χ4n) is 5.54. The molecule has 0 unspecified atom stereocenters. The minimum atomic E-state index is -0.876. The Hall–Kier alpha value is -3.73. The number of halogens is 2. The van der Waals surface area contributed by atoms with Crippen LogP contribution >= 0.6 is 0 Å². The number of nitrogens with zero attached hydrogens (tertiary/aromatic N) is 4. The number of nitrogens with one attached hydrogen (secondary N) is 2. The third kappa shape index (κ3) is 6.30. The molecule has 0 bridgehead atoms. The van der Waals surface area contributed by atoms with Gasteiger partial charge in [0, 0.05) is 37.4 Å². The van der Waals surface area contributed by atoms with Crippen molar-refractivity contribution in [2.75, 3.05) is 13.1 Å². The van der Waals surface area contributed by atoms with Crippen LogP contribution in [0.2, 0.25) is 0 Å². The second kappa shape index (κ2) is 12.0. The van der Waals surface area contributed by atoms with Crippen LogP contribution in [0.25, 0.3) is 11.5 Å². The average molecular weight is 539 g/mol. The van der Waals surface area contributed by atoms with E-state index in [1.165, 1.54) is 25.3 Å². The highest BCUT2D eigenvalue weighted by Crippen LogP contribution is 2.28. The summed E-state index contributed by atoms with van der Waals surface area (Å²) < 4.78 is 32.5. The van der Waals surface area contributed by atoms with Crippen molar-refractivity contribution in [2.24, 2.45) is 5.92 Å². The Balaban J connectivity index is 1.31. The van der Waals surface area contributed by atoms with Crippen LogP contribution in [0.5, 0.6) is 0 Å². The van der Waals surface area contributed by atoms with E-state index in [4.69, 9.17) is 4.52 Å². The number of benzene rings is 1. The molecule has 1 aliphatic heterocycles. The lowest BCUT2D eigenvalue weighted by molar-refractivity contribution is -0.128. The van der Waals surface area contributed by atoms with Crippen LogP contribution < -0.4 is 10.6 Å². The van der Waals surface area contributed by atoms with E-state index in [1.807, 2.05) is 25.1 Å². The molecular formula is C28H32F2N6O3. The van der Waals surface area contributed by atoms with Gasteiger partial charge in [-0.05, 0) is 50.5 Å². The molecule has 39 heavy (non-hydrogen) atoms. The third-order valence-electron chi connectivity index (χ3n) is 7.67. The average Bonchev–Trinajstić information content (AvgIpc) is 3.44. The molecule has 0 radical (unpaired) electrons. The molecule has 1 saturated heterocycles. The molecule has 2 aliphatic rings. The Labute approximate surface area is 225 Å². The monoisotopic (exact) mass is 538 g/mol. The lowest BCUT2D eigenvalue weighted by atomic mass is 9.86. The largest absolute Gasteiger partial charge is 0.348 e. The molecule has 206 valence electrons. The number of aromatic nitrogens is 3. The van der Waals surface area contributed by atoms with Gasteiger partial charge in [-0.25, -0.2) is 8.78 Å². The molecule has 3 heterocycles. The van der Waals surface area contributed by atoms with Gasteiger partial charge in [0.25, 0.3) is 17.6 Å². The summed E-state index contributed by atoms with van der Waals surface area (Å²) in [6.45, 7) is 3.16. The van der Waals surface area contributed by atoms with E-state index < -0.39 is 29.5 Å². The van der Waals surface area contributed by atoms with Crippen molar-refractivity contribution in [3.05, 3.63) is 65.7 Å². The molecule has 1 saturated carbocycles. The molecule has 2 fully saturated rings. The number of rotatable bonds is 7. The smallest absolute Gasteiger partial charge is 0.292 e. The molecule has 11 heteroatoms. The van der Waals surface area contributed by atoms with Crippen LogP contribution in [0.1, 0.15) is 67.8 Å². The van der Waals surface area contributed by atoms with Crippen molar-refractivity contribution in [1.29, 1.82) is 0 Å². The van der Waals surface area contributed by atoms with Crippen LogP contribution in [0.15, 0.2) is 47.1 Å². The molecule has 3 aromatic rings. The quantitative estimate of drug-likeness (QED) is 0.467. The Morgan fingerprint density at radius 3 is 2.67 bits per heavy atom. The van der Waals surface area contributed by atoms with Crippen molar-refractivity contribution in [1.82, 2.24) is 30.7 Å². The van der Waals surface area contributed by atoms with E-state index >= 15 is 0 Å². The SMILES string of the molecule is C[C@@H](NC(=O)[C@@H]1CN(C2CCCCC2)CC[C@H]1NC(=O)c1noc(-c2ccc(F)cc2F)n1)c1ccccn1. The predicted molar refractivity (Wildman–Crippen MR) is 138 cm³/mol. The first-order valence-electron chi connectivity index (χ1n) is 13.4. The number of likely N-dealkylation sites (tertiary alicyclic amines) is 1. The summed E-state index contributed by atoms with van der Waals surface area (Å²) in [5, 5.41) is 9.67. The zero-order valence-electron chi connectivity index (χ0n) is 21.8. The Morgan fingerprint density at radius 1 is 1.10 bits per heavy atom. The van der Waals surface area contributed by atoms with Crippen molar-refractivity contribution in [2.45, 2.75) is 63.6 Å². The molecule has 2 N–H and O–H groups in total. The van der Waals surface area contributed by atoms with E-state index in [2.05, 4.69) is 30.7 Å². The maximum atomic E-state index is 14.2. The van der Waals surface area contributed by atoms with Crippen molar-refractivity contribution in [3.63, 3.8) is 0 Å². The maximum absolute atomic E-state index is 14.2. The number of amides is 2. The second-order valence-corrected chi connectivity index (χ2v) is 10.3. The molecule has 1 aliphatic carbocycles. The summed E-state index contributed by atoms with van der Waals surface area (Å²) in [5.74, 6) is -3.43. The van der Waals surface area contributed by atoms with Crippen LogP contribution in [-0.4, -0.2) is 57.0 Å². The first-order valence-corrected chi connectivity index (χ1v) is 13.4. The first kappa shape index (κ1) is 26.9. The number of piperidine rings is 1. The summed E-state index contributed by atoms with van der Waals surface area (Å²) >= 11 is 0. The van der Waals surface area contributed by atoms with Crippen molar-refractivity contribution in [3.8, 4) is 11.5 Å². The molecule has 1 aromatic carbocycles. The lowest BCUT2D eigenvalue weighted by Crippen LogP contribution is -2.58. The van der Waals surface area contributed by atoms with Gasteiger partial charge in [0.15, 0.2) is 0 Å². The number of carbonyl (C=O) groups excluding carboxylic acids is 2. The van der Waals surface area contributed by atoms with Gasteiger partial charge in [-0.3, -0.25) is 19.5 Å². The standard InChI is InChI=1S/C28H32F2N6O3/c1-17(23-9-5-6-13-31-23)32-26(37)21-16-36(19-7-3-2-4-8-19)14-12-24(21)33-27(38)25-34-28(39-35-25)20-11-10-18(29)15-22(20)30/h5-6,9-11,13,15,17,19,21,24H,2-4,7-8,12,14,16H2,1H3,(H,32,37)(H,33,38)/t17-,21-,24-/m1/s1. The number of pyridine rings is 1.